The zero-order valence-electron chi connectivity index (χ0n) is 14.9. The van der Waals surface area contributed by atoms with Gasteiger partial charge in [0.25, 0.3) is 5.91 Å². The predicted molar refractivity (Wildman–Crippen MR) is 109 cm³/mol. The summed E-state index contributed by atoms with van der Waals surface area (Å²) in [6.45, 7) is 1.03. The first kappa shape index (κ1) is 18.9. The summed E-state index contributed by atoms with van der Waals surface area (Å²) in [5.41, 5.74) is -0.0922. The van der Waals surface area contributed by atoms with Crippen LogP contribution in [0, 0.1) is 11.8 Å². The van der Waals surface area contributed by atoms with Gasteiger partial charge in [-0.15, -0.1) is 0 Å². The lowest BCUT2D eigenvalue weighted by Crippen LogP contribution is -2.54. The molecule has 1 N–H and O–H groups in total. The number of alkyl halides is 1. The highest BCUT2D eigenvalue weighted by molar-refractivity contribution is 9.09. The van der Waals surface area contributed by atoms with E-state index in [-0.39, 0.29) is 23.8 Å². The third kappa shape index (κ3) is 2.16. The lowest BCUT2D eigenvalue weighted by molar-refractivity contribution is -0.145. The van der Waals surface area contributed by atoms with Crippen LogP contribution in [-0.2, 0) is 19.9 Å². The number of anilines is 1. The highest BCUT2D eigenvalue weighted by Gasteiger charge is 2.74. The SMILES string of the molecule is O=C1C2C3CCCN3C3(C(=O)Nc4c(Cl)cc(Cl)cc43)C2C(=O)N1CCCBr. The van der Waals surface area contributed by atoms with Crippen molar-refractivity contribution in [2.24, 2.45) is 11.8 Å². The summed E-state index contributed by atoms with van der Waals surface area (Å²) in [6.07, 6.45) is 2.36. The summed E-state index contributed by atoms with van der Waals surface area (Å²) in [7, 11) is 0. The molecule has 4 unspecified atom stereocenters. The van der Waals surface area contributed by atoms with Crippen molar-refractivity contribution in [2.45, 2.75) is 30.8 Å². The molecule has 1 aromatic carbocycles. The van der Waals surface area contributed by atoms with Gasteiger partial charge < -0.3 is 5.32 Å². The second kappa shape index (κ2) is 6.42. The van der Waals surface area contributed by atoms with E-state index in [0.29, 0.717) is 46.1 Å². The molecule has 3 fully saturated rings. The molecule has 148 valence electrons. The number of imide groups is 1. The quantitative estimate of drug-likeness (QED) is 0.526. The minimum absolute atomic E-state index is 0.120. The molecule has 6 nitrogen and oxygen atoms in total. The maximum absolute atomic E-state index is 13.4. The Hall–Kier alpha value is -1.15. The second-order valence-electron chi connectivity index (χ2n) is 7.81. The van der Waals surface area contributed by atoms with Gasteiger partial charge >= 0.3 is 0 Å². The maximum atomic E-state index is 13.4. The fourth-order valence-electron chi connectivity index (χ4n) is 5.72. The highest BCUT2D eigenvalue weighted by atomic mass is 79.9. The normalized spacial score (nSPS) is 33.6. The zero-order chi connectivity index (χ0) is 19.8. The van der Waals surface area contributed by atoms with Crippen LogP contribution in [0.1, 0.15) is 24.8 Å². The van der Waals surface area contributed by atoms with Crippen LogP contribution in [0.2, 0.25) is 10.0 Å². The van der Waals surface area contributed by atoms with Crippen molar-refractivity contribution in [3.63, 3.8) is 0 Å². The number of nitrogens with zero attached hydrogens (tertiary/aromatic N) is 2. The van der Waals surface area contributed by atoms with Crippen molar-refractivity contribution in [2.75, 3.05) is 23.7 Å². The van der Waals surface area contributed by atoms with Gasteiger partial charge in [0.05, 0.1) is 22.5 Å². The number of rotatable bonds is 3. The maximum Gasteiger partial charge on any atom is 0.250 e. The monoisotopic (exact) mass is 485 g/mol. The number of benzene rings is 1. The molecule has 4 heterocycles. The summed E-state index contributed by atoms with van der Waals surface area (Å²) in [5.74, 6) is -1.94. The van der Waals surface area contributed by atoms with E-state index in [1.165, 1.54) is 4.90 Å². The standard InChI is InChI=1S/C19H18BrCl2N3O3/c20-4-2-5-24-16(26)13-12-3-1-6-25(12)19(14(13)17(24)27)10-7-9(21)8-11(22)15(10)23-18(19)28/h7-8,12-14H,1-6H2,(H,23,28). The smallest absolute Gasteiger partial charge is 0.250 e. The van der Waals surface area contributed by atoms with E-state index >= 15 is 0 Å². The van der Waals surface area contributed by atoms with Crippen molar-refractivity contribution < 1.29 is 14.4 Å². The highest BCUT2D eigenvalue weighted by Crippen LogP contribution is 2.61. The predicted octanol–water partition coefficient (Wildman–Crippen LogP) is 3.01. The van der Waals surface area contributed by atoms with Crippen molar-refractivity contribution in [1.29, 1.82) is 0 Å². The number of hydrogen-bond acceptors (Lipinski definition) is 4. The molecule has 0 bridgehead atoms. The third-order valence-corrected chi connectivity index (χ3v) is 7.70. The third-order valence-electron chi connectivity index (χ3n) is 6.62. The van der Waals surface area contributed by atoms with Gasteiger partial charge in [-0.05, 0) is 37.9 Å². The number of hydrogen-bond donors (Lipinski definition) is 1. The van der Waals surface area contributed by atoms with Gasteiger partial charge in [-0.1, -0.05) is 39.1 Å². The number of halogens is 3. The molecule has 4 aliphatic rings. The van der Waals surface area contributed by atoms with E-state index in [1.807, 2.05) is 0 Å². The number of carbonyl (C=O) groups excluding carboxylic acids is 3. The van der Waals surface area contributed by atoms with Gasteiger partial charge in [0.2, 0.25) is 11.8 Å². The number of likely N-dealkylation sites (tertiary alicyclic amines) is 1. The van der Waals surface area contributed by atoms with Crippen molar-refractivity contribution in [3.8, 4) is 0 Å². The Morgan fingerprint density at radius 3 is 2.75 bits per heavy atom. The summed E-state index contributed by atoms with van der Waals surface area (Å²) < 4.78 is 0. The van der Waals surface area contributed by atoms with E-state index < -0.39 is 17.4 Å². The van der Waals surface area contributed by atoms with Gasteiger partial charge in [-0.2, -0.15) is 0 Å². The number of carbonyl (C=O) groups is 3. The van der Waals surface area contributed by atoms with E-state index in [1.54, 1.807) is 12.1 Å². The molecule has 1 spiro atoms. The largest absolute Gasteiger partial charge is 0.323 e. The topological polar surface area (TPSA) is 69.7 Å². The van der Waals surface area contributed by atoms with E-state index in [0.717, 1.165) is 12.8 Å². The first-order valence-electron chi connectivity index (χ1n) is 9.41. The van der Waals surface area contributed by atoms with Gasteiger partial charge in [0, 0.05) is 28.5 Å². The second-order valence-corrected chi connectivity index (χ2v) is 9.44. The first-order valence-corrected chi connectivity index (χ1v) is 11.3. The molecule has 4 atom stereocenters. The summed E-state index contributed by atoms with van der Waals surface area (Å²) >= 11 is 16.0. The van der Waals surface area contributed by atoms with Crippen LogP contribution in [0.4, 0.5) is 5.69 Å². The van der Waals surface area contributed by atoms with Crippen molar-refractivity contribution in [3.05, 3.63) is 27.7 Å². The molecule has 0 aromatic heterocycles. The summed E-state index contributed by atoms with van der Waals surface area (Å²) in [4.78, 5) is 43.5. The molecule has 4 aliphatic heterocycles. The number of amides is 3. The Morgan fingerprint density at radius 2 is 2.00 bits per heavy atom. The molecular weight excluding hydrogens is 469 g/mol. The van der Waals surface area contributed by atoms with Gasteiger partial charge in [-0.25, -0.2) is 0 Å². The molecule has 28 heavy (non-hydrogen) atoms. The molecule has 3 amide bonds. The zero-order valence-corrected chi connectivity index (χ0v) is 18.0. The Bertz CT molecular complexity index is 926. The number of nitrogens with one attached hydrogen (secondary N) is 1. The molecular formula is C19H18BrCl2N3O3. The first-order chi connectivity index (χ1) is 13.4. The fourth-order valence-corrected chi connectivity index (χ4v) is 6.52. The van der Waals surface area contributed by atoms with Gasteiger partial charge in [0.15, 0.2) is 0 Å². The van der Waals surface area contributed by atoms with Crippen molar-refractivity contribution >= 4 is 62.5 Å². The van der Waals surface area contributed by atoms with E-state index in [9.17, 15) is 14.4 Å². The average molecular weight is 487 g/mol. The van der Waals surface area contributed by atoms with Crippen LogP contribution in [0.15, 0.2) is 12.1 Å². The van der Waals surface area contributed by atoms with E-state index in [4.69, 9.17) is 23.2 Å². The molecule has 9 heteroatoms. The molecule has 1 aromatic rings. The minimum Gasteiger partial charge on any atom is -0.323 e. The van der Waals surface area contributed by atoms with E-state index in [2.05, 4.69) is 26.1 Å². The van der Waals surface area contributed by atoms with Gasteiger partial charge in [-0.3, -0.25) is 24.2 Å². The van der Waals surface area contributed by atoms with Crippen LogP contribution < -0.4 is 5.32 Å². The van der Waals surface area contributed by atoms with Crippen LogP contribution in [-0.4, -0.2) is 52.0 Å². The Balaban J connectivity index is 1.71. The lowest BCUT2D eigenvalue weighted by atomic mass is 9.75. The van der Waals surface area contributed by atoms with Crippen LogP contribution >= 0.6 is 39.1 Å². The number of fused-ring (bicyclic) bond motifs is 7. The Morgan fingerprint density at radius 1 is 1.21 bits per heavy atom. The Labute approximate surface area is 180 Å². The fraction of sp³-hybridized carbons (Fsp3) is 0.526. The molecule has 0 aliphatic carbocycles. The van der Waals surface area contributed by atoms with Gasteiger partial charge in [0.1, 0.15) is 5.54 Å². The summed E-state index contributed by atoms with van der Waals surface area (Å²) in [6, 6.07) is 3.18. The van der Waals surface area contributed by atoms with Crippen LogP contribution in [0.3, 0.4) is 0 Å². The minimum atomic E-state index is -1.22. The molecule has 5 rings (SSSR count). The average Bonchev–Trinajstić information content (AvgIpc) is 3.34. The molecule has 0 radical (unpaired) electrons. The summed E-state index contributed by atoms with van der Waals surface area (Å²) in [5, 5.41) is 4.34. The van der Waals surface area contributed by atoms with Crippen LogP contribution in [0.25, 0.3) is 0 Å². The van der Waals surface area contributed by atoms with Crippen molar-refractivity contribution in [1.82, 2.24) is 9.80 Å². The van der Waals surface area contributed by atoms with Crippen LogP contribution in [0.5, 0.6) is 0 Å². The Kier molecular flexibility index (Phi) is 4.32. The molecule has 3 saturated heterocycles. The molecule has 0 saturated carbocycles. The lowest BCUT2D eigenvalue weighted by Gasteiger charge is -2.36.